The molecule has 1 aliphatic rings. The quantitative estimate of drug-likeness (QED) is 0.911. The van der Waals surface area contributed by atoms with Gasteiger partial charge in [0.2, 0.25) is 0 Å². The Morgan fingerprint density at radius 3 is 3.26 bits per heavy atom. The van der Waals surface area contributed by atoms with Crippen LogP contribution in [-0.2, 0) is 4.74 Å². The monoisotopic (exact) mass is 260 g/mol. The van der Waals surface area contributed by atoms with Gasteiger partial charge in [-0.25, -0.2) is 0 Å². The molecule has 0 aliphatic carbocycles. The van der Waals surface area contributed by atoms with Crippen LogP contribution >= 0.6 is 0 Å². The highest BCUT2D eigenvalue weighted by molar-refractivity contribution is 5.37. The van der Waals surface area contributed by atoms with Gasteiger partial charge < -0.3 is 10.1 Å². The fraction of sp³-hybridized carbons (Fsp3) is 0.571. The Bertz CT molecular complexity index is 533. The van der Waals surface area contributed by atoms with Crippen LogP contribution in [0.3, 0.4) is 0 Å². The first-order valence-electron chi connectivity index (χ1n) is 6.95. The second-order valence-electron chi connectivity index (χ2n) is 5.20. The van der Waals surface area contributed by atoms with Gasteiger partial charge >= 0.3 is 0 Å². The predicted octanol–water partition coefficient (Wildman–Crippen LogP) is 1.81. The maximum absolute atomic E-state index is 5.50. The Morgan fingerprint density at radius 2 is 2.42 bits per heavy atom. The Hall–Kier alpha value is -1.46. The summed E-state index contributed by atoms with van der Waals surface area (Å²) in [6.45, 7) is 4.90. The van der Waals surface area contributed by atoms with Crippen LogP contribution in [-0.4, -0.2) is 34.4 Å². The number of nitrogens with one attached hydrogen (secondary N) is 1. The van der Waals surface area contributed by atoms with E-state index in [0.717, 1.165) is 31.2 Å². The highest BCUT2D eigenvalue weighted by atomic mass is 16.5. The number of nitrogens with zero attached hydrogens (tertiary/aromatic N) is 3. The van der Waals surface area contributed by atoms with E-state index in [9.17, 15) is 0 Å². The van der Waals surface area contributed by atoms with Crippen LogP contribution in [0, 0.1) is 5.92 Å². The van der Waals surface area contributed by atoms with E-state index in [0.29, 0.717) is 5.92 Å². The summed E-state index contributed by atoms with van der Waals surface area (Å²) in [5, 5.41) is 12.0. The molecule has 19 heavy (non-hydrogen) atoms. The van der Waals surface area contributed by atoms with Gasteiger partial charge in [0.05, 0.1) is 12.6 Å². The molecule has 1 saturated heterocycles. The molecule has 0 saturated carbocycles. The summed E-state index contributed by atoms with van der Waals surface area (Å²) in [5.41, 5.74) is 0.896. The van der Waals surface area contributed by atoms with Crippen molar-refractivity contribution in [3.05, 3.63) is 30.2 Å². The Balaban J connectivity index is 1.64. The third kappa shape index (κ3) is 2.77. The first kappa shape index (κ1) is 12.6. The van der Waals surface area contributed by atoms with Crippen molar-refractivity contribution in [2.45, 2.75) is 25.8 Å². The van der Waals surface area contributed by atoms with Gasteiger partial charge in [0, 0.05) is 19.3 Å². The molecule has 0 aromatic carbocycles. The Kier molecular flexibility index (Phi) is 3.75. The van der Waals surface area contributed by atoms with Crippen LogP contribution in [0.2, 0.25) is 0 Å². The topological polar surface area (TPSA) is 51.5 Å². The number of rotatable bonds is 4. The molecule has 0 amide bonds. The highest BCUT2D eigenvalue weighted by Gasteiger charge is 2.17. The summed E-state index contributed by atoms with van der Waals surface area (Å²) in [5.74, 6) is 1.59. The molecular formula is C14H20N4O. The number of fused-ring (bicyclic) bond motifs is 1. The van der Waals surface area contributed by atoms with Gasteiger partial charge in [0.15, 0.2) is 11.5 Å². The number of hydrogen-bond donors (Lipinski definition) is 1. The Labute approximate surface area is 113 Å². The van der Waals surface area contributed by atoms with E-state index in [1.165, 1.54) is 12.8 Å². The summed E-state index contributed by atoms with van der Waals surface area (Å²) < 4.78 is 7.54. The molecular weight excluding hydrogens is 240 g/mol. The van der Waals surface area contributed by atoms with Crippen LogP contribution in [0.1, 0.15) is 31.6 Å². The maximum atomic E-state index is 5.50. The summed E-state index contributed by atoms with van der Waals surface area (Å²) in [4.78, 5) is 0. The van der Waals surface area contributed by atoms with Crippen LogP contribution in [0.5, 0.6) is 0 Å². The van der Waals surface area contributed by atoms with Crippen molar-refractivity contribution in [2.75, 3.05) is 19.8 Å². The van der Waals surface area contributed by atoms with E-state index in [1.54, 1.807) is 0 Å². The average Bonchev–Trinajstić information content (AvgIpc) is 2.90. The summed E-state index contributed by atoms with van der Waals surface area (Å²) >= 11 is 0. The first-order valence-corrected chi connectivity index (χ1v) is 6.95. The van der Waals surface area contributed by atoms with Crippen molar-refractivity contribution in [3.8, 4) is 0 Å². The van der Waals surface area contributed by atoms with Crippen molar-refractivity contribution in [1.29, 1.82) is 0 Å². The van der Waals surface area contributed by atoms with Crippen molar-refractivity contribution >= 4 is 5.65 Å². The minimum Gasteiger partial charge on any atom is -0.381 e. The van der Waals surface area contributed by atoms with E-state index in [1.807, 2.05) is 28.8 Å². The molecule has 2 atom stereocenters. The second-order valence-corrected chi connectivity index (χ2v) is 5.20. The third-order valence-electron chi connectivity index (χ3n) is 3.69. The molecule has 1 aliphatic heterocycles. The normalized spacial score (nSPS) is 21.6. The zero-order valence-electron chi connectivity index (χ0n) is 11.2. The molecule has 5 nitrogen and oxygen atoms in total. The molecule has 0 spiro atoms. The highest BCUT2D eigenvalue weighted by Crippen LogP contribution is 2.15. The minimum atomic E-state index is 0.194. The van der Waals surface area contributed by atoms with Crippen LogP contribution in [0.25, 0.3) is 5.65 Å². The number of aromatic nitrogens is 3. The molecule has 3 heterocycles. The first-order chi connectivity index (χ1) is 9.34. The van der Waals surface area contributed by atoms with Gasteiger partial charge in [-0.1, -0.05) is 6.07 Å². The van der Waals surface area contributed by atoms with Gasteiger partial charge in [-0.05, 0) is 37.8 Å². The molecule has 2 unspecified atom stereocenters. The average molecular weight is 260 g/mol. The van der Waals surface area contributed by atoms with Crippen molar-refractivity contribution in [2.24, 2.45) is 5.92 Å². The summed E-state index contributed by atoms with van der Waals surface area (Å²) in [6, 6.07) is 6.14. The number of hydrogen-bond acceptors (Lipinski definition) is 4. The summed E-state index contributed by atoms with van der Waals surface area (Å²) in [7, 11) is 0. The maximum Gasteiger partial charge on any atom is 0.160 e. The molecule has 1 N–H and O–H groups in total. The van der Waals surface area contributed by atoms with E-state index in [2.05, 4.69) is 22.4 Å². The lowest BCUT2D eigenvalue weighted by Gasteiger charge is -2.23. The molecule has 0 bridgehead atoms. The fourth-order valence-electron chi connectivity index (χ4n) is 2.56. The summed E-state index contributed by atoms with van der Waals surface area (Å²) in [6.07, 6.45) is 4.43. The van der Waals surface area contributed by atoms with Gasteiger partial charge in [-0.3, -0.25) is 4.40 Å². The lowest BCUT2D eigenvalue weighted by Crippen LogP contribution is -2.31. The van der Waals surface area contributed by atoms with Crippen molar-refractivity contribution < 1.29 is 4.74 Å². The van der Waals surface area contributed by atoms with Crippen molar-refractivity contribution in [1.82, 2.24) is 19.9 Å². The standard InChI is InChI=1S/C14H20N4O/c1-11(15-9-12-5-4-8-19-10-12)14-17-16-13-6-2-3-7-18(13)14/h2-3,6-7,11-12,15H,4-5,8-10H2,1H3. The molecule has 0 radical (unpaired) electrons. The molecule has 2 aromatic rings. The van der Waals surface area contributed by atoms with E-state index in [-0.39, 0.29) is 6.04 Å². The smallest absolute Gasteiger partial charge is 0.160 e. The largest absolute Gasteiger partial charge is 0.381 e. The van der Waals surface area contributed by atoms with Crippen LogP contribution < -0.4 is 5.32 Å². The zero-order valence-corrected chi connectivity index (χ0v) is 11.2. The number of ether oxygens (including phenoxy) is 1. The predicted molar refractivity (Wildman–Crippen MR) is 72.9 cm³/mol. The molecule has 1 fully saturated rings. The van der Waals surface area contributed by atoms with Crippen LogP contribution in [0.15, 0.2) is 24.4 Å². The lowest BCUT2D eigenvalue weighted by molar-refractivity contribution is 0.0539. The molecule has 2 aromatic heterocycles. The van der Waals surface area contributed by atoms with Crippen molar-refractivity contribution in [3.63, 3.8) is 0 Å². The minimum absolute atomic E-state index is 0.194. The second kappa shape index (κ2) is 5.67. The molecule has 5 heteroatoms. The Morgan fingerprint density at radius 1 is 1.47 bits per heavy atom. The SMILES string of the molecule is CC(NCC1CCCOC1)c1nnc2ccccn12. The number of pyridine rings is 1. The van der Waals surface area contributed by atoms with E-state index >= 15 is 0 Å². The zero-order chi connectivity index (χ0) is 13.1. The molecule has 3 rings (SSSR count). The van der Waals surface area contributed by atoms with E-state index in [4.69, 9.17) is 4.74 Å². The van der Waals surface area contributed by atoms with Gasteiger partial charge in [0.25, 0.3) is 0 Å². The third-order valence-corrected chi connectivity index (χ3v) is 3.69. The van der Waals surface area contributed by atoms with E-state index < -0.39 is 0 Å². The van der Waals surface area contributed by atoms with Gasteiger partial charge in [0.1, 0.15) is 0 Å². The fourth-order valence-corrected chi connectivity index (χ4v) is 2.56. The lowest BCUT2D eigenvalue weighted by atomic mass is 10.0. The van der Waals surface area contributed by atoms with Gasteiger partial charge in [-0.2, -0.15) is 0 Å². The van der Waals surface area contributed by atoms with Crippen LogP contribution in [0.4, 0.5) is 0 Å². The molecule has 102 valence electrons. The van der Waals surface area contributed by atoms with Gasteiger partial charge in [-0.15, -0.1) is 10.2 Å².